The Morgan fingerprint density at radius 2 is 1.80 bits per heavy atom. The largest absolute Gasteiger partial charge is 0.460 e. The average molecular weight is 318 g/mol. The fourth-order valence-corrected chi connectivity index (χ4v) is 2.14. The van der Waals surface area contributed by atoms with Crippen molar-refractivity contribution < 1.29 is 4.74 Å². The van der Waals surface area contributed by atoms with Crippen LogP contribution in [0, 0.1) is 9.49 Å². The molecule has 1 aliphatic rings. The van der Waals surface area contributed by atoms with E-state index in [0.717, 1.165) is 22.3 Å². The molecular formula is C11H15IN2O. The summed E-state index contributed by atoms with van der Waals surface area (Å²) in [6.07, 6.45) is 8.68. The van der Waals surface area contributed by atoms with Gasteiger partial charge in [0.1, 0.15) is 6.10 Å². The van der Waals surface area contributed by atoms with E-state index in [4.69, 9.17) is 4.74 Å². The zero-order valence-corrected chi connectivity index (χ0v) is 11.0. The van der Waals surface area contributed by atoms with E-state index in [0.29, 0.717) is 12.1 Å². The molecule has 0 atom stereocenters. The van der Waals surface area contributed by atoms with Crippen LogP contribution in [0.15, 0.2) is 12.4 Å². The minimum atomic E-state index is 0.321. The molecule has 3 nitrogen and oxygen atoms in total. The molecule has 1 aromatic rings. The number of nitrogens with zero attached hydrogens (tertiary/aromatic N) is 2. The van der Waals surface area contributed by atoms with E-state index in [1.807, 2.05) is 0 Å². The summed E-state index contributed by atoms with van der Waals surface area (Å²) in [5.41, 5.74) is 0. The predicted molar refractivity (Wildman–Crippen MR) is 66.8 cm³/mol. The summed E-state index contributed by atoms with van der Waals surface area (Å²) >= 11 is 2.19. The quantitative estimate of drug-likeness (QED) is 0.786. The molecule has 1 aliphatic carbocycles. The van der Waals surface area contributed by atoms with Gasteiger partial charge in [0.2, 0.25) is 0 Å². The molecule has 0 unspecified atom stereocenters. The molecule has 15 heavy (non-hydrogen) atoms. The first kappa shape index (κ1) is 11.1. The Labute approximate surface area is 104 Å². The van der Waals surface area contributed by atoms with Crippen molar-refractivity contribution >= 4 is 22.6 Å². The van der Waals surface area contributed by atoms with E-state index in [-0.39, 0.29) is 0 Å². The van der Waals surface area contributed by atoms with E-state index in [1.54, 1.807) is 12.4 Å². The summed E-state index contributed by atoms with van der Waals surface area (Å²) in [5, 5.41) is 0. The van der Waals surface area contributed by atoms with Gasteiger partial charge in [-0.25, -0.2) is 9.97 Å². The first-order chi connectivity index (χ1) is 7.24. The van der Waals surface area contributed by atoms with Gasteiger partial charge in [-0.2, -0.15) is 0 Å². The van der Waals surface area contributed by atoms with Gasteiger partial charge in [0.15, 0.2) is 0 Å². The van der Waals surface area contributed by atoms with Crippen LogP contribution in [0.1, 0.15) is 32.6 Å². The molecule has 0 amide bonds. The number of hydrogen-bond donors (Lipinski definition) is 0. The highest BCUT2D eigenvalue weighted by Crippen LogP contribution is 2.25. The molecule has 0 N–H and O–H groups in total. The number of aromatic nitrogens is 2. The third-order valence-electron chi connectivity index (χ3n) is 2.83. The van der Waals surface area contributed by atoms with E-state index < -0.39 is 0 Å². The molecular weight excluding hydrogens is 303 g/mol. The second kappa shape index (κ2) is 5.09. The van der Waals surface area contributed by atoms with E-state index >= 15 is 0 Å². The standard InChI is InChI=1S/C11H15IN2O/c1-8-2-4-10(5-3-8)15-11-13-6-9(12)7-14-11/h6-8,10H,2-5H2,1H3. The van der Waals surface area contributed by atoms with Crippen LogP contribution < -0.4 is 4.74 Å². The molecule has 0 aliphatic heterocycles. The number of hydrogen-bond acceptors (Lipinski definition) is 3. The normalized spacial score (nSPS) is 26.3. The lowest BCUT2D eigenvalue weighted by Crippen LogP contribution is -2.23. The Bertz CT molecular complexity index is 307. The van der Waals surface area contributed by atoms with Crippen LogP contribution >= 0.6 is 22.6 Å². The van der Waals surface area contributed by atoms with Crippen LogP contribution in [0.2, 0.25) is 0 Å². The molecule has 4 heteroatoms. The van der Waals surface area contributed by atoms with Crippen LogP contribution in [-0.2, 0) is 0 Å². The molecule has 1 heterocycles. The second-order valence-corrected chi connectivity index (χ2v) is 5.43. The van der Waals surface area contributed by atoms with Crippen molar-refractivity contribution in [2.45, 2.75) is 38.7 Å². The van der Waals surface area contributed by atoms with Crippen LogP contribution in [-0.4, -0.2) is 16.1 Å². The Morgan fingerprint density at radius 3 is 2.40 bits per heavy atom. The summed E-state index contributed by atoms with van der Waals surface area (Å²) in [7, 11) is 0. The third-order valence-corrected chi connectivity index (χ3v) is 3.39. The fraction of sp³-hybridized carbons (Fsp3) is 0.636. The fourth-order valence-electron chi connectivity index (χ4n) is 1.86. The predicted octanol–water partition coefficient (Wildman–Crippen LogP) is 3.04. The van der Waals surface area contributed by atoms with Gasteiger partial charge in [-0.05, 0) is 54.2 Å². The Kier molecular flexibility index (Phi) is 3.77. The highest BCUT2D eigenvalue weighted by Gasteiger charge is 2.20. The molecule has 2 rings (SSSR count). The average Bonchev–Trinajstić information content (AvgIpc) is 2.25. The van der Waals surface area contributed by atoms with Crippen LogP contribution in [0.25, 0.3) is 0 Å². The highest BCUT2D eigenvalue weighted by molar-refractivity contribution is 14.1. The van der Waals surface area contributed by atoms with Gasteiger partial charge in [0.05, 0.1) is 0 Å². The van der Waals surface area contributed by atoms with Gasteiger partial charge < -0.3 is 4.74 Å². The van der Waals surface area contributed by atoms with Crippen molar-refractivity contribution in [1.29, 1.82) is 0 Å². The summed E-state index contributed by atoms with van der Waals surface area (Å²) in [5.74, 6) is 0.850. The Morgan fingerprint density at radius 1 is 1.20 bits per heavy atom. The van der Waals surface area contributed by atoms with Gasteiger partial charge in [-0.1, -0.05) is 6.92 Å². The van der Waals surface area contributed by atoms with Gasteiger partial charge in [0, 0.05) is 16.0 Å². The molecule has 1 fully saturated rings. The van der Waals surface area contributed by atoms with E-state index in [2.05, 4.69) is 39.5 Å². The second-order valence-electron chi connectivity index (χ2n) is 4.18. The third kappa shape index (κ3) is 3.29. The maximum absolute atomic E-state index is 5.73. The monoisotopic (exact) mass is 318 g/mol. The zero-order valence-electron chi connectivity index (χ0n) is 8.82. The minimum Gasteiger partial charge on any atom is -0.460 e. The summed E-state index contributed by atoms with van der Waals surface area (Å²) < 4.78 is 6.77. The van der Waals surface area contributed by atoms with Crippen LogP contribution in [0.4, 0.5) is 0 Å². The SMILES string of the molecule is CC1CCC(Oc2ncc(I)cn2)CC1. The number of rotatable bonds is 2. The molecule has 0 bridgehead atoms. The maximum atomic E-state index is 5.73. The Balaban J connectivity index is 1.89. The van der Waals surface area contributed by atoms with Crippen LogP contribution in [0.5, 0.6) is 6.01 Å². The summed E-state index contributed by atoms with van der Waals surface area (Å²) in [6, 6.07) is 0.523. The highest BCUT2D eigenvalue weighted by atomic mass is 127. The number of ether oxygens (including phenoxy) is 1. The summed E-state index contributed by atoms with van der Waals surface area (Å²) in [4.78, 5) is 8.30. The lowest BCUT2D eigenvalue weighted by Gasteiger charge is -2.25. The number of halogens is 1. The van der Waals surface area contributed by atoms with E-state index in [9.17, 15) is 0 Å². The lowest BCUT2D eigenvalue weighted by molar-refractivity contribution is 0.124. The molecule has 0 aromatic carbocycles. The first-order valence-electron chi connectivity index (χ1n) is 5.38. The van der Waals surface area contributed by atoms with Crippen molar-refractivity contribution in [3.05, 3.63) is 16.0 Å². The summed E-state index contributed by atoms with van der Waals surface area (Å²) in [6.45, 7) is 2.30. The molecule has 0 spiro atoms. The molecule has 82 valence electrons. The van der Waals surface area contributed by atoms with Crippen molar-refractivity contribution in [2.24, 2.45) is 5.92 Å². The van der Waals surface area contributed by atoms with Crippen molar-refractivity contribution in [3.8, 4) is 6.01 Å². The van der Waals surface area contributed by atoms with Crippen molar-refractivity contribution in [1.82, 2.24) is 9.97 Å². The first-order valence-corrected chi connectivity index (χ1v) is 6.46. The van der Waals surface area contributed by atoms with Gasteiger partial charge in [-0.3, -0.25) is 0 Å². The van der Waals surface area contributed by atoms with Crippen molar-refractivity contribution in [2.75, 3.05) is 0 Å². The topological polar surface area (TPSA) is 35.0 Å². The molecule has 1 aromatic heterocycles. The Hall–Kier alpha value is -0.390. The molecule has 0 radical (unpaired) electrons. The van der Waals surface area contributed by atoms with Gasteiger partial charge in [0.25, 0.3) is 0 Å². The van der Waals surface area contributed by atoms with Gasteiger partial charge in [-0.15, -0.1) is 0 Å². The van der Waals surface area contributed by atoms with E-state index in [1.165, 1.54) is 12.8 Å². The molecule has 1 saturated carbocycles. The zero-order chi connectivity index (χ0) is 10.7. The smallest absolute Gasteiger partial charge is 0.316 e. The minimum absolute atomic E-state index is 0.321. The maximum Gasteiger partial charge on any atom is 0.316 e. The van der Waals surface area contributed by atoms with Gasteiger partial charge >= 0.3 is 6.01 Å². The molecule has 0 saturated heterocycles. The van der Waals surface area contributed by atoms with Crippen LogP contribution in [0.3, 0.4) is 0 Å². The van der Waals surface area contributed by atoms with Crippen molar-refractivity contribution in [3.63, 3.8) is 0 Å². The lowest BCUT2D eigenvalue weighted by atomic mass is 9.89.